The fraction of sp³-hybridized carbons (Fsp3) is 0.417. The molecule has 6 aromatic rings. The monoisotopic (exact) mass is 954 g/mol. The number of aryl methyl sites for hydroxylation is 4. The summed E-state index contributed by atoms with van der Waals surface area (Å²) in [6.07, 6.45) is 0.128. The molecule has 65 heavy (non-hydrogen) atoms. The maximum absolute atomic E-state index is 13.4. The van der Waals surface area contributed by atoms with E-state index in [1.165, 1.54) is 27.8 Å². The van der Waals surface area contributed by atoms with Crippen LogP contribution in [0.25, 0.3) is 10.0 Å². The van der Waals surface area contributed by atoms with Crippen molar-refractivity contribution in [3.05, 3.63) is 125 Å². The van der Waals surface area contributed by atoms with Gasteiger partial charge in [0.2, 0.25) is 11.8 Å². The second kappa shape index (κ2) is 19.4. The van der Waals surface area contributed by atoms with Gasteiger partial charge in [-0.15, -0.1) is 43.1 Å². The van der Waals surface area contributed by atoms with E-state index in [1.54, 1.807) is 22.7 Å². The molecule has 0 aliphatic carbocycles. The van der Waals surface area contributed by atoms with Crippen molar-refractivity contribution in [2.75, 3.05) is 26.3 Å². The number of thiophene rings is 2. The molecule has 342 valence electrons. The number of hydrogen-bond donors (Lipinski definition) is 2. The first kappa shape index (κ1) is 47.9. The Morgan fingerprint density at radius 2 is 1.20 bits per heavy atom. The molecular weight excluding hydrogens is 900 g/mol. The van der Waals surface area contributed by atoms with Crippen molar-refractivity contribution in [3.63, 3.8) is 0 Å². The van der Waals surface area contributed by atoms with Crippen LogP contribution < -0.4 is 10.6 Å². The number of nitrogens with zero attached hydrogens (tertiary/aromatic N) is 8. The SMILES string of the molecule is CC(=O)NCC(C)(C)COCC(C)(C)CNC(=O)CC1N=C(c2ccc(Cl)cc2)c2c(sc(C)c2C)-n2c(C)nnc21.Cc1sc2c(c1C)C(c1ccc(Cl)cc1)=NCc1nnc(C)n1-2. The zero-order valence-electron chi connectivity index (χ0n) is 38.8. The summed E-state index contributed by atoms with van der Waals surface area (Å²) in [6.45, 7) is 24.6. The van der Waals surface area contributed by atoms with E-state index in [-0.39, 0.29) is 29.1 Å². The third-order valence-corrected chi connectivity index (χ3v) is 14.4. The molecule has 13 nitrogen and oxygen atoms in total. The van der Waals surface area contributed by atoms with Crippen LogP contribution in [0.4, 0.5) is 0 Å². The highest BCUT2D eigenvalue weighted by Crippen LogP contribution is 2.40. The molecule has 17 heteroatoms. The predicted octanol–water partition coefficient (Wildman–Crippen LogP) is 9.77. The van der Waals surface area contributed by atoms with Gasteiger partial charge >= 0.3 is 0 Å². The smallest absolute Gasteiger partial charge is 0.222 e. The number of fused-ring (bicyclic) bond motifs is 6. The quantitative estimate of drug-likeness (QED) is 0.124. The Bertz CT molecular complexity index is 2800. The lowest BCUT2D eigenvalue weighted by atomic mass is 9.93. The molecule has 0 radical (unpaired) electrons. The van der Waals surface area contributed by atoms with Crippen LogP contribution in [0.1, 0.15) is 114 Å². The number of amides is 2. The maximum atomic E-state index is 13.4. The summed E-state index contributed by atoms with van der Waals surface area (Å²) in [5.74, 6) is 3.01. The summed E-state index contributed by atoms with van der Waals surface area (Å²) in [5, 5.41) is 26.9. The molecule has 0 spiro atoms. The van der Waals surface area contributed by atoms with Gasteiger partial charge in [-0.05, 0) is 76.9 Å². The van der Waals surface area contributed by atoms with Gasteiger partial charge < -0.3 is 15.4 Å². The van der Waals surface area contributed by atoms with Gasteiger partial charge in [-0.1, -0.05) is 75.2 Å². The fourth-order valence-electron chi connectivity index (χ4n) is 7.68. The maximum Gasteiger partial charge on any atom is 0.222 e. The van der Waals surface area contributed by atoms with Gasteiger partial charge in [0.25, 0.3) is 0 Å². The predicted molar refractivity (Wildman–Crippen MR) is 262 cm³/mol. The highest BCUT2D eigenvalue weighted by molar-refractivity contribution is 7.15. The normalized spacial score (nSPS) is 14.4. The number of ether oxygens (including phenoxy) is 1. The zero-order valence-corrected chi connectivity index (χ0v) is 42.0. The molecule has 2 aliphatic heterocycles. The van der Waals surface area contributed by atoms with Crippen molar-refractivity contribution >= 4 is 69.1 Å². The fourth-order valence-corrected chi connectivity index (χ4v) is 10.4. The standard InChI is InChI=1S/C31H41ClN6O3S.C17H15ClN4S/c1-18-19(2)42-29-26(18)27(22-9-11-23(32)12-10-22)35-24(28-37-36-20(3)38(28)29)13-25(40)34-15-31(7,8)17-41-16-30(5,6)14-33-21(4)39;1-9-10(2)23-17-15(9)16(12-4-6-13(18)7-5-12)19-8-14-21-20-11(3)22(14)17/h9-12,24H,13-17H2,1-8H3,(H,33,39)(H,34,40);4-7H,8H2,1-3H3. The Kier molecular flexibility index (Phi) is 14.3. The molecule has 2 aliphatic rings. The Balaban J connectivity index is 0.000000229. The zero-order chi connectivity index (χ0) is 47.0. The summed E-state index contributed by atoms with van der Waals surface area (Å²) >= 11 is 15.7. The van der Waals surface area contributed by atoms with Crippen LogP contribution >= 0.6 is 45.9 Å². The molecule has 6 heterocycles. The van der Waals surface area contributed by atoms with Gasteiger partial charge in [-0.25, -0.2) is 0 Å². The van der Waals surface area contributed by atoms with Crippen molar-refractivity contribution in [1.29, 1.82) is 0 Å². The van der Waals surface area contributed by atoms with Gasteiger partial charge in [0, 0.05) is 72.9 Å². The van der Waals surface area contributed by atoms with Gasteiger partial charge in [0.05, 0.1) is 31.1 Å². The Morgan fingerprint density at radius 3 is 1.77 bits per heavy atom. The molecular formula is C48H56Cl2N10O3S2. The highest BCUT2D eigenvalue weighted by atomic mass is 35.5. The van der Waals surface area contributed by atoms with Gasteiger partial charge in [-0.2, -0.15) is 0 Å². The molecule has 0 saturated heterocycles. The Morgan fingerprint density at radius 1 is 0.708 bits per heavy atom. The molecule has 8 rings (SSSR count). The first-order valence-corrected chi connectivity index (χ1v) is 23.9. The van der Waals surface area contributed by atoms with E-state index in [2.05, 4.69) is 77.1 Å². The lowest BCUT2D eigenvalue weighted by molar-refractivity contribution is -0.122. The van der Waals surface area contributed by atoms with E-state index in [0.717, 1.165) is 66.2 Å². The second-order valence-electron chi connectivity index (χ2n) is 18.3. The van der Waals surface area contributed by atoms with Gasteiger partial charge in [0.15, 0.2) is 11.6 Å². The number of carbonyl (C=O) groups excluding carboxylic acids is 2. The van der Waals surface area contributed by atoms with Gasteiger partial charge in [0.1, 0.15) is 34.2 Å². The molecule has 0 saturated carbocycles. The molecule has 0 bridgehead atoms. The van der Waals surface area contributed by atoms with E-state index in [1.807, 2.05) is 80.8 Å². The summed E-state index contributed by atoms with van der Waals surface area (Å²) in [6, 6.07) is 15.0. The van der Waals surface area contributed by atoms with E-state index < -0.39 is 6.04 Å². The van der Waals surface area contributed by atoms with Crippen molar-refractivity contribution in [2.24, 2.45) is 20.8 Å². The average molecular weight is 956 g/mol. The summed E-state index contributed by atoms with van der Waals surface area (Å²) < 4.78 is 10.2. The molecule has 2 aromatic carbocycles. The van der Waals surface area contributed by atoms with E-state index in [4.69, 9.17) is 37.9 Å². The van der Waals surface area contributed by atoms with Crippen molar-refractivity contribution < 1.29 is 14.3 Å². The van der Waals surface area contributed by atoms with Crippen LogP contribution in [-0.2, 0) is 20.9 Å². The molecule has 2 N–H and O–H groups in total. The summed E-state index contributed by atoms with van der Waals surface area (Å²) in [5.41, 5.74) is 7.96. The van der Waals surface area contributed by atoms with E-state index in [9.17, 15) is 9.59 Å². The molecule has 1 atom stereocenters. The van der Waals surface area contributed by atoms with E-state index >= 15 is 0 Å². The highest BCUT2D eigenvalue weighted by Gasteiger charge is 2.33. The van der Waals surface area contributed by atoms with Crippen LogP contribution in [0.2, 0.25) is 10.0 Å². The number of aliphatic imine (C=N–C) groups is 2. The number of halogens is 2. The molecule has 2 amide bonds. The van der Waals surface area contributed by atoms with Crippen LogP contribution in [0.3, 0.4) is 0 Å². The van der Waals surface area contributed by atoms with Crippen molar-refractivity contribution in [1.82, 2.24) is 40.2 Å². The average Bonchev–Trinajstić information content (AvgIpc) is 3.93. The number of aromatic nitrogens is 6. The first-order chi connectivity index (χ1) is 30.7. The Hall–Kier alpha value is -5.06. The first-order valence-electron chi connectivity index (χ1n) is 21.5. The Labute approximate surface area is 398 Å². The number of carbonyl (C=O) groups is 2. The minimum absolute atomic E-state index is 0.0568. The third kappa shape index (κ3) is 10.7. The van der Waals surface area contributed by atoms with Gasteiger partial charge in [-0.3, -0.25) is 28.7 Å². The van der Waals surface area contributed by atoms with Crippen molar-refractivity contribution in [2.45, 2.75) is 95.2 Å². The largest absolute Gasteiger partial charge is 0.380 e. The molecule has 0 fully saturated rings. The third-order valence-electron chi connectivity index (χ3n) is 11.5. The molecule has 1 unspecified atom stereocenters. The van der Waals surface area contributed by atoms with Crippen molar-refractivity contribution in [3.8, 4) is 10.0 Å². The van der Waals surface area contributed by atoms with Crippen LogP contribution in [0.5, 0.6) is 0 Å². The molecule has 4 aromatic heterocycles. The summed E-state index contributed by atoms with van der Waals surface area (Å²) in [4.78, 5) is 37.1. The number of hydrogen-bond acceptors (Lipinski definition) is 11. The van der Waals surface area contributed by atoms with E-state index in [0.29, 0.717) is 43.7 Å². The number of rotatable bonds is 12. The van der Waals surface area contributed by atoms with Crippen LogP contribution in [0.15, 0.2) is 58.5 Å². The lowest BCUT2D eigenvalue weighted by Gasteiger charge is -2.29. The lowest BCUT2D eigenvalue weighted by Crippen LogP contribution is -2.39. The topological polar surface area (TPSA) is 154 Å². The minimum atomic E-state index is -0.523. The van der Waals surface area contributed by atoms with Crippen LogP contribution in [-0.4, -0.2) is 79.1 Å². The number of benzene rings is 2. The number of nitrogens with one attached hydrogen (secondary N) is 2. The van der Waals surface area contributed by atoms with Crippen LogP contribution in [0, 0.1) is 52.4 Å². The second-order valence-corrected chi connectivity index (χ2v) is 21.5. The minimum Gasteiger partial charge on any atom is -0.380 e. The summed E-state index contributed by atoms with van der Waals surface area (Å²) in [7, 11) is 0.